The lowest BCUT2D eigenvalue weighted by Gasteiger charge is -2.21. The Morgan fingerprint density at radius 1 is 1.50 bits per heavy atom. The van der Waals surface area contributed by atoms with Crippen molar-refractivity contribution in [2.75, 3.05) is 26.8 Å². The van der Waals surface area contributed by atoms with E-state index in [2.05, 4.69) is 22.5 Å². The Labute approximate surface area is 117 Å². The number of amides is 1. The van der Waals surface area contributed by atoms with Crippen molar-refractivity contribution in [3.8, 4) is 0 Å². The minimum atomic E-state index is -0.00338. The number of ether oxygens (including phenoxy) is 1. The molecule has 0 bridgehead atoms. The van der Waals surface area contributed by atoms with E-state index in [-0.39, 0.29) is 5.91 Å². The van der Waals surface area contributed by atoms with Crippen LogP contribution in [-0.2, 0) is 4.74 Å². The monoisotopic (exact) mass is 311 g/mol. The lowest BCUT2D eigenvalue weighted by Crippen LogP contribution is -2.34. The van der Waals surface area contributed by atoms with Crippen LogP contribution in [0.5, 0.6) is 0 Å². The highest BCUT2D eigenvalue weighted by molar-refractivity contribution is 9.10. The number of carbonyl (C=O) groups excluding carboxylic acids is 1. The van der Waals surface area contributed by atoms with Crippen molar-refractivity contribution in [2.45, 2.75) is 6.92 Å². The summed E-state index contributed by atoms with van der Waals surface area (Å²) in [4.78, 5) is 14.1. The molecule has 0 unspecified atom stereocenters. The number of aryl methyl sites for hydroxylation is 1. The van der Waals surface area contributed by atoms with Gasteiger partial charge in [-0.3, -0.25) is 4.79 Å². The fourth-order valence-corrected chi connectivity index (χ4v) is 2.28. The van der Waals surface area contributed by atoms with Crippen LogP contribution in [0.4, 0.5) is 0 Å². The third-order valence-corrected chi connectivity index (χ3v) is 2.95. The second-order valence-corrected chi connectivity index (χ2v) is 4.97. The van der Waals surface area contributed by atoms with Gasteiger partial charge in [0.15, 0.2) is 0 Å². The second kappa shape index (κ2) is 7.34. The Morgan fingerprint density at radius 2 is 2.22 bits per heavy atom. The van der Waals surface area contributed by atoms with Crippen LogP contribution in [-0.4, -0.2) is 37.6 Å². The fourth-order valence-electron chi connectivity index (χ4n) is 1.68. The quantitative estimate of drug-likeness (QED) is 0.756. The zero-order valence-corrected chi connectivity index (χ0v) is 12.4. The van der Waals surface area contributed by atoms with Gasteiger partial charge in [-0.25, -0.2) is 0 Å². The third-order valence-electron chi connectivity index (χ3n) is 2.49. The van der Waals surface area contributed by atoms with Crippen LogP contribution in [0.15, 0.2) is 35.3 Å². The number of benzene rings is 1. The first-order valence-electron chi connectivity index (χ1n) is 5.74. The molecule has 1 aromatic rings. The largest absolute Gasteiger partial charge is 0.383 e. The Balaban J connectivity index is 2.89. The van der Waals surface area contributed by atoms with E-state index in [0.29, 0.717) is 25.3 Å². The molecule has 3 nitrogen and oxygen atoms in total. The summed E-state index contributed by atoms with van der Waals surface area (Å²) < 4.78 is 5.93. The van der Waals surface area contributed by atoms with Crippen LogP contribution in [0, 0.1) is 6.92 Å². The van der Waals surface area contributed by atoms with E-state index < -0.39 is 0 Å². The standard InChI is InChI=1S/C14H18BrNO2/c1-4-5-16(6-7-18-3)14(17)12-8-11(2)9-13(15)10-12/h4,8-10H,1,5-7H2,2-3H3. The summed E-state index contributed by atoms with van der Waals surface area (Å²) >= 11 is 3.41. The summed E-state index contributed by atoms with van der Waals surface area (Å²) in [5, 5.41) is 0. The molecule has 0 aliphatic heterocycles. The van der Waals surface area contributed by atoms with Gasteiger partial charge in [0.05, 0.1) is 6.61 Å². The molecular formula is C14H18BrNO2. The lowest BCUT2D eigenvalue weighted by molar-refractivity contribution is 0.0718. The van der Waals surface area contributed by atoms with Gasteiger partial charge >= 0.3 is 0 Å². The summed E-state index contributed by atoms with van der Waals surface area (Å²) in [6, 6.07) is 5.69. The van der Waals surface area contributed by atoms with Crippen molar-refractivity contribution in [1.82, 2.24) is 4.90 Å². The Bertz CT molecular complexity index is 412. The van der Waals surface area contributed by atoms with E-state index in [1.54, 1.807) is 18.1 Å². The number of nitrogens with zero attached hydrogens (tertiary/aromatic N) is 1. The molecule has 0 atom stereocenters. The van der Waals surface area contributed by atoms with Gasteiger partial charge in [0.1, 0.15) is 0 Å². The highest BCUT2D eigenvalue weighted by Crippen LogP contribution is 2.16. The number of hydrogen-bond acceptors (Lipinski definition) is 2. The van der Waals surface area contributed by atoms with Gasteiger partial charge in [0.2, 0.25) is 0 Å². The Hall–Kier alpha value is -1.13. The second-order valence-electron chi connectivity index (χ2n) is 4.05. The predicted molar refractivity (Wildman–Crippen MR) is 76.9 cm³/mol. The number of halogens is 1. The van der Waals surface area contributed by atoms with Gasteiger partial charge in [-0.15, -0.1) is 6.58 Å². The molecule has 1 aromatic carbocycles. The smallest absolute Gasteiger partial charge is 0.254 e. The average molecular weight is 312 g/mol. The number of rotatable bonds is 6. The Morgan fingerprint density at radius 3 is 2.78 bits per heavy atom. The normalized spacial score (nSPS) is 10.2. The highest BCUT2D eigenvalue weighted by Gasteiger charge is 2.14. The minimum Gasteiger partial charge on any atom is -0.383 e. The third kappa shape index (κ3) is 4.27. The molecule has 0 heterocycles. The van der Waals surface area contributed by atoms with Crippen LogP contribution in [0.1, 0.15) is 15.9 Å². The number of carbonyl (C=O) groups is 1. The fraction of sp³-hybridized carbons (Fsp3) is 0.357. The molecule has 0 radical (unpaired) electrons. The van der Waals surface area contributed by atoms with Crippen LogP contribution >= 0.6 is 15.9 Å². The van der Waals surface area contributed by atoms with Crippen molar-refractivity contribution >= 4 is 21.8 Å². The van der Waals surface area contributed by atoms with E-state index in [4.69, 9.17) is 4.74 Å². The molecular weight excluding hydrogens is 294 g/mol. The molecule has 4 heteroatoms. The first-order chi connectivity index (χ1) is 8.58. The summed E-state index contributed by atoms with van der Waals surface area (Å²) in [6.07, 6.45) is 1.72. The summed E-state index contributed by atoms with van der Waals surface area (Å²) in [6.45, 7) is 7.25. The molecule has 0 saturated carbocycles. The summed E-state index contributed by atoms with van der Waals surface area (Å²) in [5.41, 5.74) is 1.73. The lowest BCUT2D eigenvalue weighted by atomic mass is 10.1. The minimum absolute atomic E-state index is 0.00338. The highest BCUT2D eigenvalue weighted by atomic mass is 79.9. The van der Waals surface area contributed by atoms with Gasteiger partial charge in [-0.2, -0.15) is 0 Å². The van der Waals surface area contributed by atoms with Crippen molar-refractivity contribution in [3.05, 3.63) is 46.5 Å². The van der Waals surface area contributed by atoms with Gasteiger partial charge in [0, 0.05) is 30.2 Å². The average Bonchev–Trinajstić information content (AvgIpc) is 2.32. The zero-order chi connectivity index (χ0) is 13.5. The van der Waals surface area contributed by atoms with E-state index in [1.807, 2.05) is 25.1 Å². The van der Waals surface area contributed by atoms with E-state index in [9.17, 15) is 4.79 Å². The van der Waals surface area contributed by atoms with Crippen LogP contribution < -0.4 is 0 Å². The maximum absolute atomic E-state index is 12.3. The molecule has 0 aromatic heterocycles. The molecule has 0 aliphatic rings. The summed E-state index contributed by atoms with van der Waals surface area (Å²) in [7, 11) is 1.62. The van der Waals surface area contributed by atoms with Gasteiger partial charge < -0.3 is 9.64 Å². The van der Waals surface area contributed by atoms with Gasteiger partial charge in [-0.1, -0.05) is 22.0 Å². The topological polar surface area (TPSA) is 29.5 Å². The van der Waals surface area contributed by atoms with Crippen LogP contribution in [0.2, 0.25) is 0 Å². The van der Waals surface area contributed by atoms with E-state index in [0.717, 1.165) is 10.0 Å². The molecule has 1 rings (SSSR count). The first kappa shape index (κ1) is 14.9. The van der Waals surface area contributed by atoms with Crippen molar-refractivity contribution in [3.63, 3.8) is 0 Å². The SMILES string of the molecule is C=CCN(CCOC)C(=O)c1cc(C)cc(Br)c1. The van der Waals surface area contributed by atoms with Gasteiger partial charge in [0.25, 0.3) is 5.91 Å². The van der Waals surface area contributed by atoms with E-state index in [1.165, 1.54) is 0 Å². The summed E-state index contributed by atoms with van der Waals surface area (Å²) in [5.74, 6) is -0.00338. The predicted octanol–water partition coefficient (Wildman–Crippen LogP) is 3.03. The molecule has 0 saturated heterocycles. The maximum atomic E-state index is 12.3. The number of methoxy groups -OCH3 is 1. The molecule has 0 aliphatic carbocycles. The molecule has 98 valence electrons. The maximum Gasteiger partial charge on any atom is 0.254 e. The molecule has 1 amide bonds. The van der Waals surface area contributed by atoms with Crippen molar-refractivity contribution in [1.29, 1.82) is 0 Å². The number of hydrogen-bond donors (Lipinski definition) is 0. The van der Waals surface area contributed by atoms with Crippen molar-refractivity contribution in [2.24, 2.45) is 0 Å². The van der Waals surface area contributed by atoms with Crippen LogP contribution in [0.25, 0.3) is 0 Å². The first-order valence-corrected chi connectivity index (χ1v) is 6.54. The van der Waals surface area contributed by atoms with Crippen LogP contribution in [0.3, 0.4) is 0 Å². The van der Waals surface area contributed by atoms with Gasteiger partial charge in [-0.05, 0) is 30.7 Å². The molecule has 0 N–H and O–H groups in total. The Kier molecular flexibility index (Phi) is 6.09. The molecule has 0 fully saturated rings. The molecule has 0 spiro atoms. The van der Waals surface area contributed by atoms with Crippen molar-refractivity contribution < 1.29 is 9.53 Å². The van der Waals surface area contributed by atoms with E-state index >= 15 is 0 Å². The zero-order valence-electron chi connectivity index (χ0n) is 10.8. The molecule has 18 heavy (non-hydrogen) atoms.